The Hall–Kier alpha value is -2.36. The monoisotopic (exact) mass is 269 g/mol. The van der Waals surface area contributed by atoms with Crippen LogP contribution in [0.25, 0.3) is 0 Å². The zero-order valence-electron chi connectivity index (χ0n) is 11.6. The van der Waals surface area contributed by atoms with Crippen LogP contribution in [-0.4, -0.2) is 10.9 Å². The van der Waals surface area contributed by atoms with E-state index >= 15 is 0 Å². The summed E-state index contributed by atoms with van der Waals surface area (Å²) in [5, 5.41) is 6.06. The summed E-state index contributed by atoms with van der Waals surface area (Å²) in [7, 11) is 0. The molecule has 0 unspecified atom stereocenters. The number of carbonyl (C=O) groups excluding carboxylic acids is 1. The number of pyridine rings is 1. The van der Waals surface area contributed by atoms with Gasteiger partial charge < -0.3 is 10.6 Å². The topological polar surface area (TPSA) is 54.0 Å². The van der Waals surface area contributed by atoms with Crippen LogP contribution in [-0.2, 0) is 11.3 Å². The van der Waals surface area contributed by atoms with Gasteiger partial charge in [-0.25, -0.2) is 4.98 Å². The van der Waals surface area contributed by atoms with Crippen LogP contribution in [0, 0.1) is 0 Å². The third-order valence-electron chi connectivity index (χ3n) is 2.84. The summed E-state index contributed by atoms with van der Waals surface area (Å²) in [4.78, 5) is 15.7. The van der Waals surface area contributed by atoms with Crippen LogP contribution in [0.1, 0.15) is 25.3 Å². The smallest absolute Gasteiger partial charge is 0.224 e. The molecule has 1 amide bonds. The Bertz CT molecular complexity index is 537. The fourth-order valence-corrected chi connectivity index (χ4v) is 1.81. The zero-order chi connectivity index (χ0) is 14.2. The first-order valence-corrected chi connectivity index (χ1v) is 6.81. The Balaban J connectivity index is 1.87. The summed E-state index contributed by atoms with van der Waals surface area (Å²) in [6.07, 6.45) is 3.05. The predicted octanol–water partition coefficient (Wildman–Crippen LogP) is 3.43. The number of nitrogens with zero attached hydrogens (tertiary/aromatic N) is 1. The highest BCUT2D eigenvalue weighted by molar-refractivity contribution is 5.90. The molecule has 0 aliphatic carbocycles. The molecule has 0 spiro atoms. The van der Waals surface area contributed by atoms with Crippen LogP contribution >= 0.6 is 0 Å². The van der Waals surface area contributed by atoms with E-state index in [1.807, 2.05) is 37.3 Å². The van der Waals surface area contributed by atoms with Gasteiger partial charge in [0.25, 0.3) is 0 Å². The molecule has 104 valence electrons. The largest absolute Gasteiger partial charge is 0.366 e. The van der Waals surface area contributed by atoms with Crippen molar-refractivity contribution in [2.45, 2.75) is 26.3 Å². The van der Waals surface area contributed by atoms with Crippen molar-refractivity contribution < 1.29 is 4.79 Å². The number of anilines is 2. The average Bonchev–Trinajstić information content (AvgIpc) is 2.48. The van der Waals surface area contributed by atoms with Crippen molar-refractivity contribution in [1.29, 1.82) is 0 Å². The van der Waals surface area contributed by atoms with Gasteiger partial charge in [-0.2, -0.15) is 0 Å². The lowest BCUT2D eigenvalue weighted by molar-refractivity contribution is -0.116. The van der Waals surface area contributed by atoms with E-state index in [0.717, 1.165) is 24.5 Å². The third-order valence-corrected chi connectivity index (χ3v) is 2.84. The van der Waals surface area contributed by atoms with Crippen LogP contribution in [0.3, 0.4) is 0 Å². The van der Waals surface area contributed by atoms with Crippen molar-refractivity contribution in [1.82, 2.24) is 4.98 Å². The van der Waals surface area contributed by atoms with Crippen LogP contribution in [0.4, 0.5) is 11.5 Å². The molecule has 0 saturated heterocycles. The minimum Gasteiger partial charge on any atom is -0.366 e. The second-order valence-electron chi connectivity index (χ2n) is 4.57. The van der Waals surface area contributed by atoms with Gasteiger partial charge in [0.1, 0.15) is 5.82 Å². The Morgan fingerprint density at radius 3 is 2.60 bits per heavy atom. The molecule has 1 heterocycles. The zero-order valence-corrected chi connectivity index (χ0v) is 11.6. The van der Waals surface area contributed by atoms with Crippen molar-refractivity contribution in [3.8, 4) is 0 Å². The SMILES string of the molecule is CCCC(=O)Nc1ccc(NCc2ccccc2)nc1. The number of nitrogens with one attached hydrogen (secondary N) is 2. The molecule has 0 radical (unpaired) electrons. The van der Waals surface area contributed by atoms with Gasteiger partial charge in [0, 0.05) is 13.0 Å². The quantitative estimate of drug-likeness (QED) is 0.844. The molecule has 2 rings (SSSR count). The van der Waals surface area contributed by atoms with E-state index < -0.39 is 0 Å². The molecule has 0 aliphatic rings. The molecule has 0 saturated carbocycles. The summed E-state index contributed by atoms with van der Waals surface area (Å²) < 4.78 is 0. The van der Waals surface area contributed by atoms with E-state index in [2.05, 4.69) is 27.8 Å². The number of benzene rings is 1. The van der Waals surface area contributed by atoms with Crippen LogP contribution < -0.4 is 10.6 Å². The number of hydrogen-bond donors (Lipinski definition) is 2. The molecule has 1 aromatic carbocycles. The van der Waals surface area contributed by atoms with E-state index in [1.54, 1.807) is 6.20 Å². The van der Waals surface area contributed by atoms with Crippen LogP contribution in [0.15, 0.2) is 48.7 Å². The maximum absolute atomic E-state index is 11.5. The van der Waals surface area contributed by atoms with Gasteiger partial charge in [-0.3, -0.25) is 4.79 Å². The van der Waals surface area contributed by atoms with Gasteiger partial charge in [0.2, 0.25) is 5.91 Å². The van der Waals surface area contributed by atoms with Gasteiger partial charge in [-0.1, -0.05) is 37.3 Å². The lowest BCUT2D eigenvalue weighted by Crippen LogP contribution is -2.11. The van der Waals surface area contributed by atoms with E-state index in [4.69, 9.17) is 0 Å². The van der Waals surface area contributed by atoms with E-state index in [0.29, 0.717) is 6.42 Å². The summed E-state index contributed by atoms with van der Waals surface area (Å²) in [5.74, 6) is 0.821. The van der Waals surface area contributed by atoms with Crippen LogP contribution in [0.2, 0.25) is 0 Å². The molecule has 0 atom stereocenters. The molecule has 0 fully saturated rings. The Kier molecular flexibility index (Phi) is 5.12. The van der Waals surface area contributed by atoms with Gasteiger partial charge in [-0.05, 0) is 24.1 Å². The van der Waals surface area contributed by atoms with E-state index in [-0.39, 0.29) is 5.91 Å². The molecule has 20 heavy (non-hydrogen) atoms. The van der Waals surface area contributed by atoms with Crippen molar-refractivity contribution in [2.75, 3.05) is 10.6 Å². The number of hydrogen-bond acceptors (Lipinski definition) is 3. The highest BCUT2D eigenvalue weighted by Gasteiger charge is 2.01. The number of aromatic nitrogens is 1. The first kappa shape index (κ1) is 14.1. The van der Waals surface area contributed by atoms with Crippen molar-refractivity contribution in [2.24, 2.45) is 0 Å². The Morgan fingerprint density at radius 2 is 1.95 bits per heavy atom. The van der Waals surface area contributed by atoms with Crippen molar-refractivity contribution in [3.05, 3.63) is 54.2 Å². The first-order valence-electron chi connectivity index (χ1n) is 6.81. The number of amides is 1. The van der Waals surface area contributed by atoms with Gasteiger partial charge in [-0.15, -0.1) is 0 Å². The van der Waals surface area contributed by atoms with E-state index in [1.165, 1.54) is 5.56 Å². The molecule has 0 aliphatic heterocycles. The average molecular weight is 269 g/mol. The van der Waals surface area contributed by atoms with Crippen molar-refractivity contribution >= 4 is 17.4 Å². The second kappa shape index (κ2) is 7.28. The Morgan fingerprint density at radius 1 is 1.15 bits per heavy atom. The first-order chi connectivity index (χ1) is 9.78. The summed E-state index contributed by atoms with van der Waals surface area (Å²) in [6, 6.07) is 13.9. The molecular formula is C16H19N3O. The van der Waals surface area contributed by atoms with Gasteiger partial charge in [0.15, 0.2) is 0 Å². The predicted molar refractivity (Wildman–Crippen MR) is 81.5 cm³/mol. The maximum atomic E-state index is 11.5. The molecule has 2 N–H and O–H groups in total. The number of carbonyl (C=O) groups is 1. The summed E-state index contributed by atoms with van der Waals surface area (Å²) in [6.45, 7) is 2.71. The molecule has 0 bridgehead atoms. The minimum absolute atomic E-state index is 0.0271. The standard InChI is InChI=1S/C16H19N3O/c1-2-6-16(20)19-14-9-10-15(18-12-14)17-11-13-7-4-3-5-8-13/h3-5,7-10,12H,2,6,11H2,1H3,(H,17,18)(H,19,20). The maximum Gasteiger partial charge on any atom is 0.224 e. The van der Waals surface area contributed by atoms with Crippen molar-refractivity contribution in [3.63, 3.8) is 0 Å². The lowest BCUT2D eigenvalue weighted by atomic mass is 10.2. The molecule has 1 aromatic heterocycles. The molecule has 4 heteroatoms. The highest BCUT2D eigenvalue weighted by Crippen LogP contribution is 2.11. The van der Waals surface area contributed by atoms with E-state index in [9.17, 15) is 4.79 Å². The normalized spacial score (nSPS) is 10.1. The third kappa shape index (κ3) is 4.39. The van der Waals surface area contributed by atoms with Gasteiger partial charge >= 0.3 is 0 Å². The summed E-state index contributed by atoms with van der Waals surface area (Å²) in [5.41, 5.74) is 1.93. The minimum atomic E-state index is 0.0271. The highest BCUT2D eigenvalue weighted by atomic mass is 16.1. The fraction of sp³-hybridized carbons (Fsp3) is 0.250. The lowest BCUT2D eigenvalue weighted by Gasteiger charge is -2.07. The van der Waals surface area contributed by atoms with Crippen LogP contribution in [0.5, 0.6) is 0 Å². The Labute approximate surface area is 119 Å². The second-order valence-corrected chi connectivity index (χ2v) is 4.57. The molecular weight excluding hydrogens is 250 g/mol. The fourth-order valence-electron chi connectivity index (χ4n) is 1.81. The summed E-state index contributed by atoms with van der Waals surface area (Å²) >= 11 is 0. The molecule has 2 aromatic rings. The number of rotatable bonds is 6. The van der Waals surface area contributed by atoms with Gasteiger partial charge in [0.05, 0.1) is 11.9 Å². The molecule has 4 nitrogen and oxygen atoms in total.